The fourth-order valence-electron chi connectivity index (χ4n) is 3.54. The number of nitrogens with one attached hydrogen (secondary N) is 1. The van der Waals surface area contributed by atoms with Gasteiger partial charge in [0, 0.05) is 16.1 Å². The van der Waals surface area contributed by atoms with Gasteiger partial charge < -0.3 is 5.32 Å². The van der Waals surface area contributed by atoms with Crippen molar-refractivity contribution < 1.29 is 0 Å². The highest BCUT2D eigenvalue weighted by Gasteiger charge is 2.29. The number of benzene rings is 1. The molecule has 112 valence electrons. The van der Waals surface area contributed by atoms with Crippen LogP contribution in [0.3, 0.4) is 0 Å². The summed E-state index contributed by atoms with van der Waals surface area (Å²) >= 11 is 12.5. The van der Waals surface area contributed by atoms with E-state index in [0.717, 1.165) is 27.4 Å². The molecule has 20 heavy (non-hydrogen) atoms. The van der Waals surface area contributed by atoms with Gasteiger partial charge in [-0.15, -0.1) is 0 Å². The van der Waals surface area contributed by atoms with E-state index in [0.29, 0.717) is 12.0 Å². The largest absolute Gasteiger partial charge is 0.313 e. The second-order valence-electron chi connectivity index (χ2n) is 6.35. The Balaban J connectivity index is 2.11. The molecule has 1 saturated carbocycles. The Morgan fingerprint density at radius 3 is 2.20 bits per heavy atom. The Hall–Kier alpha value is -0.240. The zero-order valence-electron chi connectivity index (χ0n) is 12.6. The lowest BCUT2D eigenvalue weighted by Crippen LogP contribution is -2.30. The first-order chi connectivity index (χ1) is 9.52. The van der Waals surface area contributed by atoms with Crippen molar-refractivity contribution in [3.63, 3.8) is 0 Å². The minimum atomic E-state index is 0.314. The summed E-state index contributed by atoms with van der Waals surface area (Å²) in [5, 5.41) is 5.04. The monoisotopic (exact) mass is 313 g/mol. The van der Waals surface area contributed by atoms with Crippen molar-refractivity contribution in [2.45, 2.75) is 45.6 Å². The van der Waals surface area contributed by atoms with Crippen molar-refractivity contribution in [1.82, 2.24) is 5.32 Å². The molecule has 1 aromatic carbocycles. The van der Waals surface area contributed by atoms with Gasteiger partial charge in [-0.2, -0.15) is 0 Å². The van der Waals surface area contributed by atoms with Gasteiger partial charge in [-0.3, -0.25) is 0 Å². The summed E-state index contributed by atoms with van der Waals surface area (Å²) in [6, 6.07) is 6.09. The van der Waals surface area contributed by atoms with Crippen LogP contribution in [0.1, 0.15) is 51.1 Å². The maximum atomic E-state index is 6.37. The van der Waals surface area contributed by atoms with Gasteiger partial charge in [0.1, 0.15) is 0 Å². The van der Waals surface area contributed by atoms with Crippen molar-refractivity contribution in [2.75, 3.05) is 7.05 Å². The molecule has 0 amide bonds. The van der Waals surface area contributed by atoms with E-state index in [1.807, 2.05) is 25.2 Å². The van der Waals surface area contributed by atoms with Crippen molar-refractivity contribution in [3.8, 4) is 0 Å². The van der Waals surface area contributed by atoms with Crippen LogP contribution in [0.2, 0.25) is 10.0 Å². The zero-order chi connectivity index (χ0) is 14.7. The summed E-state index contributed by atoms with van der Waals surface area (Å²) in [6.45, 7) is 4.68. The van der Waals surface area contributed by atoms with Gasteiger partial charge in [-0.1, -0.05) is 37.0 Å². The highest BCUT2D eigenvalue weighted by molar-refractivity contribution is 6.33. The summed E-state index contributed by atoms with van der Waals surface area (Å²) in [6.07, 6.45) is 5.21. The highest BCUT2D eigenvalue weighted by atomic mass is 35.5. The number of hydrogen-bond donors (Lipinski definition) is 1. The average molecular weight is 314 g/mol. The zero-order valence-corrected chi connectivity index (χ0v) is 14.1. The fourth-order valence-corrected chi connectivity index (χ4v) is 3.96. The molecule has 1 unspecified atom stereocenters. The van der Waals surface area contributed by atoms with Crippen LogP contribution in [0.5, 0.6) is 0 Å². The fraction of sp³-hybridized carbons (Fsp3) is 0.647. The number of hydrogen-bond acceptors (Lipinski definition) is 1. The first-order valence-electron chi connectivity index (χ1n) is 7.65. The van der Waals surface area contributed by atoms with E-state index in [1.165, 1.54) is 25.7 Å². The van der Waals surface area contributed by atoms with E-state index in [-0.39, 0.29) is 0 Å². The van der Waals surface area contributed by atoms with Crippen LogP contribution in [0.4, 0.5) is 0 Å². The van der Waals surface area contributed by atoms with Crippen molar-refractivity contribution in [3.05, 3.63) is 33.8 Å². The lowest BCUT2D eigenvalue weighted by Gasteiger charge is -2.36. The van der Waals surface area contributed by atoms with Crippen LogP contribution < -0.4 is 5.32 Å². The van der Waals surface area contributed by atoms with E-state index >= 15 is 0 Å². The third-order valence-electron chi connectivity index (χ3n) is 4.83. The van der Waals surface area contributed by atoms with E-state index < -0.39 is 0 Å². The molecule has 3 heteroatoms. The van der Waals surface area contributed by atoms with Gasteiger partial charge in [-0.25, -0.2) is 0 Å². The molecule has 0 aliphatic heterocycles. The second-order valence-corrected chi connectivity index (χ2v) is 7.19. The van der Waals surface area contributed by atoms with Crippen molar-refractivity contribution in [2.24, 2.45) is 17.8 Å². The Bertz CT molecular complexity index is 437. The molecule has 0 spiro atoms. The lowest BCUT2D eigenvalue weighted by atomic mass is 9.73. The molecule has 1 N–H and O–H groups in total. The van der Waals surface area contributed by atoms with Gasteiger partial charge in [-0.05, 0) is 74.2 Å². The molecule has 1 fully saturated rings. The molecule has 1 aliphatic carbocycles. The predicted molar refractivity (Wildman–Crippen MR) is 88.5 cm³/mol. The van der Waals surface area contributed by atoms with Crippen LogP contribution in [-0.4, -0.2) is 7.05 Å². The molecule has 1 atom stereocenters. The first kappa shape index (κ1) is 16.1. The smallest absolute Gasteiger partial charge is 0.0454 e. The Labute approximate surface area is 133 Å². The van der Waals surface area contributed by atoms with Crippen LogP contribution in [-0.2, 0) is 0 Å². The van der Waals surface area contributed by atoms with E-state index in [1.54, 1.807) is 0 Å². The molecule has 0 heterocycles. The van der Waals surface area contributed by atoms with Gasteiger partial charge in [0.25, 0.3) is 0 Å². The summed E-state index contributed by atoms with van der Waals surface area (Å²) in [7, 11) is 2.02. The van der Waals surface area contributed by atoms with E-state index in [4.69, 9.17) is 23.2 Å². The first-order valence-corrected chi connectivity index (χ1v) is 8.40. The van der Waals surface area contributed by atoms with Crippen LogP contribution >= 0.6 is 23.2 Å². The normalized spacial score (nSPS) is 24.9. The van der Waals surface area contributed by atoms with Crippen LogP contribution in [0.25, 0.3) is 0 Å². The predicted octanol–water partition coefficient (Wildman–Crippen LogP) is 5.72. The third-order valence-corrected chi connectivity index (χ3v) is 5.41. The van der Waals surface area contributed by atoms with Gasteiger partial charge >= 0.3 is 0 Å². The maximum Gasteiger partial charge on any atom is 0.0454 e. The van der Waals surface area contributed by atoms with Gasteiger partial charge in [0.15, 0.2) is 0 Å². The Morgan fingerprint density at radius 2 is 1.65 bits per heavy atom. The Kier molecular flexibility index (Phi) is 5.77. The van der Waals surface area contributed by atoms with Crippen LogP contribution in [0.15, 0.2) is 18.2 Å². The van der Waals surface area contributed by atoms with Gasteiger partial charge in [0.05, 0.1) is 0 Å². The molecule has 0 saturated heterocycles. The van der Waals surface area contributed by atoms with Crippen LogP contribution in [0, 0.1) is 17.8 Å². The van der Waals surface area contributed by atoms with E-state index in [9.17, 15) is 0 Å². The quantitative estimate of drug-likeness (QED) is 0.750. The minimum absolute atomic E-state index is 0.314. The standard InChI is InChI=1S/C17H25Cl2N/c1-11(2)12-4-6-13(7-5-12)17(20-3)15-10-14(18)8-9-16(15)19/h8-13,17,20H,4-7H2,1-3H3. The molecule has 2 rings (SSSR count). The van der Waals surface area contributed by atoms with Crippen molar-refractivity contribution in [1.29, 1.82) is 0 Å². The molecule has 1 nitrogen and oxygen atoms in total. The third kappa shape index (κ3) is 3.69. The summed E-state index contributed by atoms with van der Waals surface area (Å²) in [5.74, 6) is 2.35. The second kappa shape index (κ2) is 7.15. The molecule has 1 aliphatic rings. The molecule has 0 aromatic heterocycles. The SMILES string of the molecule is CNC(c1cc(Cl)ccc1Cl)C1CCC(C(C)C)CC1. The lowest BCUT2D eigenvalue weighted by molar-refractivity contribution is 0.193. The number of rotatable bonds is 4. The average Bonchev–Trinajstić information content (AvgIpc) is 2.44. The molecular weight excluding hydrogens is 289 g/mol. The van der Waals surface area contributed by atoms with E-state index in [2.05, 4.69) is 19.2 Å². The summed E-state index contributed by atoms with van der Waals surface area (Å²) in [4.78, 5) is 0. The highest BCUT2D eigenvalue weighted by Crippen LogP contribution is 2.41. The topological polar surface area (TPSA) is 12.0 Å². The molecule has 1 aromatic rings. The summed E-state index contributed by atoms with van der Waals surface area (Å²) in [5.41, 5.74) is 1.15. The minimum Gasteiger partial charge on any atom is -0.313 e. The number of halogens is 2. The van der Waals surface area contributed by atoms with Gasteiger partial charge in [0.2, 0.25) is 0 Å². The molecule has 0 radical (unpaired) electrons. The maximum absolute atomic E-state index is 6.37. The summed E-state index contributed by atoms with van der Waals surface area (Å²) < 4.78 is 0. The van der Waals surface area contributed by atoms with Crippen molar-refractivity contribution >= 4 is 23.2 Å². The molecular formula is C17H25Cl2N. The molecule has 0 bridgehead atoms. The Morgan fingerprint density at radius 1 is 1.05 bits per heavy atom.